The summed E-state index contributed by atoms with van der Waals surface area (Å²) in [6.07, 6.45) is 0. The molecule has 2 N–H and O–H groups in total. The number of hydrogen-bond acceptors (Lipinski definition) is 3. The normalized spacial score (nSPS) is 10.2. The monoisotopic (exact) mass is 249 g/mol. The van der Waals surface area contributed by atoms with Crippen molar-refractivity contribution in [2.45, 2.75) is 20.8 Å². The Morgan fingerprint density at radius 1 is 1.28 bits per heavy atom. The smallest absolute Gasteiger partial charge is 0.242 e. The van der Waals surface area contributed by atoms with Gasteiger partial charge in [-0.05, 0) is 32.4 Å². The van der Waals surface area contributed by atoms with Crippen LogP contribution in [0, 0.1) is 6.92 Å². The van der Waals surface area contributed by atoms with Crippen LogP contribution in [-0.4, -0.2) is 37.5 Å². The third kappa shape index (κ3) is 3.15. The summed E-state index contributed by atoms with van der Waals surface area (Å²) in [5, 5.41) is 0. The second-order valence-electron chi connectivity index (χ2n) is 4.43. The largest absolute Gasteiger partial charge is 0.397 e. The fourth-order valence-corrected chi connectivity index (χ4v) is 1.96. The van der Waals surface area contributed by atoms with Crippen LogP contribution in [0.3, 0.4) is 0 Å². The Kier molecular flexibility index (Phi) is 5.01. The first kappa shape index (κ1) is 14.4. The van der Waals surface area contributed by atoms with Crippen LogP contribution >= 0.6 is 0 Å². The van der Waals surface area contributed by atoms with Gasteiger partial charge in [-0.3, -0.25) is 4.79 Å². The quantitative estimate of drug-likeness (QED) is 0.811. The third-order valence-corrected chi connectivity index (χ3v) is 3.20. The summed E-state index contributed by atoms with van der Waals surface area (Å²) in [6.45, 7) is 7.79. The van der Waals surface area contributed by atoms with E-state index in [2.05, 4.69) is 0 Å². The molecule has 0 aliphatic carbocycles. The van der Waals surface area contributed by atoms with E-state index in [0.29, 0.717) is 6.54 Å². The zero-order valence-corrected chi connectivity index (χ0v) is 11.7. The van der Waals surface area contributed by atoms with E-state index in [4.69, 9.17) is 5.73 Å². The van der Waals surface area contributed by atoms with Gasteiger partial charge in [0.05, 0.1) is 17.9 Å². The second-order valence-corrected chi connectivity index (χ2v) is 4.43. The first-order valence-electron chi connectivity index (χ1n) is 6.35. The van der Waals surface area contributed by atoms with Crippen molar-refractivity contribution in [3.63, 3.8) is 0 Å². The number of aryl methyl sites for hydroxylation is 1. The van der Waals surface area contributed by atoms with Crippen LogP contribution in [0.4, 0.5) is 11.4 Å². The molecule has 1 rings (SSSR count). The highest BCUT2D eigenvalue weighted by atomic mass is 16.2. The van der Waals surface area contributed by atoms with Crippen molar-refractivity contribution in [2.75, 3.05) is 37.3 Å². The first-order chi connectivity index (χ1) is 8.51. The predicted molar refractivity (Wildman–Crippen MR) is 76.8 cm³/mol. The molecular formula is C14H23N3O. The summed E-state index contributed by atoms with van der Waals surface area (Å²) < 4.78 is 0. The highest BCUT2D eigenvalue weighted by molar-refractivity contribution is 5.83. The fraction of sp³-hybridized carbons (Fsp3) is 0.500. The molecule has 0 atom stereocenters. The lowest BCUT2D eigenvalue weighted by molar-refractivity contribution is -0.129. The van der Waals surface area contributed by atoms with Gasteiger partial charge in [0.1, 0.15) is 0 Å². The molecule has 100 valence electrons. The lowest BCUT2D eigenvalue weighted by Crippen LogP contribution is -2.39. The highest BCUT2D eigenvalue weighted by Gasteiger charge is 2.14. The van der Waals surface area contributed by atoms with E-state index in [1.807, 2.05) is 55.8 Å². The predicted octanol–water partition coefficient (Wildman–Crippen LogP) is 1.88. The molecule has 0 fully saturated rings. The van der Waals surface area contributed by atoms with Crippen molar-refractivity contribution in [3.8, 4) is 0 Å². The molecule has 0 heterocycles. The Hall–Kier alpha value is -1.71. The van der Waals surface area contributed by atoms with Gasteiger partial charge in [0.2, 0.25) is 5.91 Å². The number of carbonyl (C=O) groups is 1. The standard InChI is InChI=1S/C14H23N3O/c1-5-17(6-2)13(18)10-16(4)12-9-7-8-11(3)14(12)15/h7-9H,5-6,10,15H2,1-4H3. The van der Waals surface area contributed by atoms with Gasteiger partial charge in [0.25, 0.3) is 0 Å². The Bertz CT molecular complexity index is 414. The fourth-order valence-electron chi connectivity index (χ4n) is 1.96. The molecule has 0 spiro atoms. The molecule has 18 heavy (non-hydrogen) atoms. The molecule has 0 unspecified atom stereocenters. The zero-order valence-electron chi connectivity index (χ0n) is 11.7. The van der Waals surface area contributed by atoms with Crippen molar-refractivity contribution in [1.82, 2.24) is 4.90 Å². The lowest BCUT2D eigenvalue weighted by atomic mass is 10.1. The molecule has 0 saturated heterocycles. The van der Waals surface area contributed by atoms with E-state index in [1.165, 1.54) is 0 Å². The Labute approximate surface area is 109 Å². The molecule has 0 aliphatic heterocycles. The maximum Gasteiger partial charge on any atom is 0.242 e. The van der Waals surface area contributed by atoms with Crippen LogP contribution in [0.15, 0.2) is 18.2 Å². The summed E-state index contributed by atoms with van der Waals surface area (Å²) >= 11 is 0. The number of amides is 1. The molecule has 1 amide bonds. The zero-order chi connectivity index (χ0) is 13.7. The van der Waals surface area contributed by atoms with E-state index >= 15 is 0 Å². The topological polar surface area (TPSA) is 49.6 Å². The van der Waals surface area contributed by atoms with Gasteiger partial charge in [-0.25, -0.2) is 0 Å². The van der Waals surface area contributed by atoms with Gasteiger partial charge < -0.3 is 15.5 Å². The Morgan fingerprint density at radius 2 is 1.89 bits per heavy atom. The second kappa shape index (κ2) is 6.28. The number of para-hydroxylation sites is 1. The summed E-state index contributed by atoms with van der Waals surface area (Å²) in [5.74, 6) is 0.128. The number of nitrogen functional groups attached to an aromatic ring is 1. The van der Waals surface area contributed by atoms with Crippen LogP contribution < -0.4 is 10.6 Å². The molecule has 4 heteroatoms. The number of nitrogens with two attached hydrogens (primary N) is 1. The number of carbonyl (C=O) groups excluding carboxylic acids is 1. The molecule has 0 saturated carbocycles. The van der Waals surface area contributed by atoms with Crippen LogP contribution in [0.5, 0.6) is 0 Å². The van der Waals surface area contributed by atoms with Gasteiger partial charge in [-0.15, -0.1) is 0 Å². The molecular weight excluding hydrogens is 226 g/mol. The number of hydrogen-bond donors (Lipinski definition) is 1. The van der Waals surface area contributed by atoms with E-state index in [1.54, 1.807) is 0 Å². The van der Waals surface area contributed by atoms with Crippen LogP contribution in [0.1, 0.15) is 19.4 Å². The van der Waals surface area contributed by atoms with Gasteiger partial charge >= 0.3 is 0 Å². The number of anilines is 2. The summed E-state index contributed by atoms with van der Waals surface area (Å²) in [7, 11) is 1.90. The van der Waals surface area contributed by atoms with Gasteiger partial charge in [-0.2, -0.15) is 0 Å². The summed E-state index contributed by atoms with van der Waals surface area (Å²) in [6, 6.07) is 5.87. The molecule has 0 bridgehead atoms. The summed E-state index contributed by atoms with van der Waals surface area (Å²) in [5.41, 5.74) is 8.73. The van der Waals surface area contributed by atoms with Crippen molar-refractivity contribution in [2.24, 2.45) is 0 Å². The van der Waals surface area contributed by atoms with Crippen LogP contribution in [-0.2, 0) is 4.79 Å². The van der Waals surface area contributed by atoms with Crippen molar-refractivity contribution < 1.29 is 4.79 Å². The maximum absolute atomic E-state index is 12.0. The van der Waals surface area contributed by atoms with Crippen LogP contribution in [0.25, 0.3) is 0 Å². The third-order valence-electron chi connectivity index (χ3n) is 3.20. The molecule has 1 aromatic rings. The van der Waals surface area contributed by atoms with Crippen molar-refractivity contribution >= 4 is 17.3 Å². The average Bonchev–Trinajstić information content (AvgIpc) is 2.34. The minimum Gasteiger partial charge on any atom is -0.397 e. The minimum absolute atomic E-state index is 0.128. The summed E-state index contributed by atoms with van der Waals surface area (Å²) in [4.78, 5) is 15.8. The van der Waals surface area contributed by atoms with E-state index in [9.17, 15) is 4.79 Å². The van der Waals surface area contributed by atoms with E-state index in [0.717, 1.165) is 30.0 Å². The Balaban J connectivity index is 2.79. The molecule has 0 aliphatic rings. The van der Waals surface area contributed by atoms with Gasteiger partial charge in [0, 0.05) is 20.1 Å². The number of benzene rings is 1. The SMILES string of the molecule is CCN(CC)C(=O)CN(C)c1cccc(C)c1N. The van der Waals surface area contributed by atoms with Gasteiger partial charge in [-0.1, -0.05) is 12.1 Å². The van der Waals surface area contributed by atoms with E-state index < -0.39 is 0 Å². The number of rotatable bonds is 5. The van der Waals surface area contributed by atoms with E-state index in [-0.39, 0.29) is 5.91 Å². The highest BCUT2D eigenvalue weighted by Crippen LogP contribution is 2.24. The lowest BCUT2D eigenvalue weighted by Gasteiger charge is -2.25. The minimum atomic E-state index is 0.128. The van der Waals surface area contributed by atoms with Gasteiger partial charge in [0.15, 0.2) is 0 Å². The van der Waals surface area contributed by atoms with Crippen LogP contribution in [0.2, 0.25) is 0 Å². The molecule has 0 aromatic heterocycles. The molecule has 4 nitrogen and oxygen atoms in total. The number of likely N-dealkylation sites (N-methyl/N-ethyl adjacent to an activating group) is 2. The molecule has 1 aromatic carbocycles. The Morgan fingerprint density at radius 3 is 2.44 bits per heavy atom. The average molecular weight is 249 g/mol. The molecule has 0 radical (unpaired) electrons. The maximum atomic E-state index is 12.0. The first-order valence-corrected chi connectivity index (χ1v) is 6.35. The van der Waals surface area contributed by atoms with Crippen molar-refractivity contribution in [3.05, 3.63) is 23.8 Å². The number of nitrogens with zero attached hydrogens (tertiary/aromatic N) is 2. The van der Waals surface area contributed by atoms with Crippen molar-refractivity contribution in [1.29, 1.82) is 0 Å².